The molecule has 0 saturated heterocycles. The van der Waals surface area contributed by atoms with Crippen LogP contribution in [0.25, 0.3) is 44.7 Å². The fourth-order valence-electron chi connectivity index (χ4n) is 5.41. The summed E-state index contributed by atoms with van der Waals surface area (Å²) in [6.07, 6.45) is 3.24. The van der Waals surface area contributed by atoms with Crippen LogP contribution in [0.5, 0.6) is 0 Å². The molecule has 3 aromatic carbocycles. The van der Waals surface area contributed by atoms with Crippen molar-refractivity contribution >= 4 is 44.2 Å². The minimum absolute atomic E-state index is 0.0418. The fourth-order valence-corrected chi connectivity index (χ4v) is 6.86. The van der Waals surface area contributed by atoms with Gasteiger partial charge in [0.25, 0.3) is 0 Å². The second-order valence-corrected chi connectivity index (χ2v) is 12.7. The number of aromatic nitrogens is 4. The molecule has 3 heterocycles. The Bertz CT molecular complexity index is 2210. The molecule has 238 valence electrons. The number of sulfone groups is 1. The van der Waals surface area contributed by atoms with Crippen LogP contribution < -0.4 is 16.0 Å². The van der Waals surface area contributed by atoms with E-state index in [1.807, 2.05) is 56.4 Å². The third-order valence-corrected chi connectivity index (χ3v) is 9.35. The molecular weight excluding hydrogens is 614 g/mol. The average molecular weight is 648 g/mol. The largest absolute Gasteiger partial charge is 0.339 e. The molecule has 0 aliphatic carbocycles. The van der Waals surface area contributed by atoms with Gasteiger partial charge in [-0.3, -0.25) is 9.48 Å². The predicted octanol–water partition coefficient (Wildman–Crippen LogP) is 6.71. The zero-order valence-corrected chi connectivity index (χ0v) is 26.9. The van der Waals surface area contributed by atoms with Crippen LogP contribution in [0.2, 0.25) is 0 Å². The number of amides is 3. The zero-order valence-electron chi connectivity index (χ0n) is 26.0. The first-order valence-electron chi connectivity index (χ1n) is 15.1. The summed E-state index contributed by atoms with van der Waals surface area (Å²) in [6.45, 7) is 6.29. The van der Waals surface area contributed by atoms with Crippen LogP contribution in [0.4, 0.5) is 16.2 Å². The van der Waals surface area contributed by atoms with Gasteiger partial charge < -0.3 is 20.9 Å². The fraction of sp³-hybridized carbons (Fsp3) is 0.143. The van der Waals surface area contributed by atoms with E-state index >= 15 is 0 Å². The van der Waals surface area contributed by atoms with Crippen LogP contribution in [0, 0.1) is 0 Å². The second-order valence-electron chi connectivity index (χ2n) is 10.8. The first-order chi connectivity index (χ1) is 22.7. The van der Waals surface area contributed by atoms with Crippen molar-refractivity contribution in [2.45, 2.75) is 37.1 Å². The van der Waals surface area contributed by atoms with Gasteiger partial charge in [0.2, 0.25) is 15.7 Å². The van der Waals surface area contributed by atoms with Crippen molar-refractivity contribution in [3.63, 3.8) is 0 Å². The molecule has 0 saturated carbocycles. The highest BCUT2D eigenvalue weighted by molar-refractivity contribution is 7.91. The summed E-state index contributed by atoms with van der Waals surface area (Å²) in [5, 5.41) is 13.8. The number of nitrogens with zero attached hydrogens (tertiary/aromatic N) is 3. The molecule has 0 radical (unpaired) electrons. The highest BCUT2D eigenvalue weighted by Gasteiger charge is 2.28. The molecule has 0 bridgehead atoms. The number of aromatic amines is 1. The van der Waals surface area contributed by atoms with Gasteiger partial charge in [0.15, 0.2) is 0 Å². The third-order valence-electron chi connectivity index (χ3n) is 7.57. The molecule has 4 N–H and O–H groups in total. The van der Waals surface area contributed by atoms with Crippen LogP contribution in [0.15, 0.2) is 107 Å². The first kappa shape index (κ1) is 31.2. The summed E-state index contributed by atoms with van der Waals surface area (Å²) in [7, 11) is -4.02. The predicted molar refractivity (Wildman–Crippen MR) is 183 cm³/mol. The van der Waals surface area contributed by atoms with E-state index in [0.29, 0.717) is 58.0 Å². The molecule has 0 fully saturated rings. The average Bonchev–Trinajstić information content (AvgIpc) is 3.70. The third kappa shape index (κ3) is 6.36. The van der Waals surface area contributed by atoms with Crippen LogP contribution in [0.3, 0.4) is 0 Å². The highest BCUT2D eigenvalue weighted by Crippen LogP contribution is 2.42. The number of carbonyl (C=O) groups excluding carboxylic acids is 2. The Kier molecular flexibility index (Phi) is 8.59. The topological polar surface area (TPSA) is 151 Å². The molecule has 12 heteroatoms. The smallest absolute Gasteiger partial charge is 0.319 e. The van der Waals surface area contributed by atoms with Gasteiger partial charge in [-0.2, -0.15) is 5.10 Å². The lowest BCUT2D eigenvalue weighted by Crippen LogP contribution is -2.28. The van der Waals surface area contributed by atoms with Gasteiger partial charge >= 0.3 is 6.03 Å². The SMILES string of the molecule is CCNC(=O)Nc1ccc(-c2nn(CC)cc2-c2c(S(=O)(=O)c3ccccc3)cnc3[nH]c(-c4cccc(NC(C)=O)c4)cc23)cc1. The van der Waals surface area contributed by atoms with Gasteiger partial charge in [-0.05, 0) is 56.3 Å². The number of hydrogen-bond acceptors (Lipinski definition) is 6. The van der Waals surface area contributed by atoms with E-state index < -0.39 is 9.84 Å². The lowest BCUT2D eigenvalue weighted by molar-refractivity contribution is -0.114. The van der Waals surface area contributed by atoms with Crippen molar-refractivity contribution in [3.8, 4) is 33.6 Å². The Balaban J connectivity index is 1.57. The van der Waals surface area contributed by atoms with Crippen molar-refractivity contribution in [1.82, 2.24) is 25.1 Å². The normalized spacial score (nSPS) is 11.4. The first-order valence-corrected chi connectivity index (χ1v) is 16.6. The van der Waals surface area contributed by atoms with Gasteiger partial charge in [-0.25, -0.2) is 18.2 Å². The molecule has 0 unspecified atom stereocenters. The van der Waals surface area contributed by atoms with Crippen LogP contribution in [-0.2, 0) is 21.2 Å². The highest BCUT2D eigenvalue weighted by atomic mass is 32.2. The Hall–Kier alpha value is -5.75. The van der Waals surface area contributed by atoms with Crippen LogP contribution in [-0.4, -0.2) is 46.6 Å². The maximum absolute atomic E-state index is 14.3. The maximum Gasteiger partial charge on any atom is 0.319 e. The van der Waals surface area contributed by atoms with Crippen molar-refractivity contribution in [1.29, 1.82) is 0 Å². The number of aryl methyl sites for hydroxylation is 1. The van der Waals surface area contributed by atoms with Crippen LogP contribution >= 0.6 is 0 Å². The molecule has 11 nitrogen and oxygen atoms in total. The minimum Gasteiger partial charge on any atom is -0.339 e. The Morgan fingerprint density at radius 3 is 2.34 bits per heavy atom. The summed E-state index contributed by atoms with van der Waals surface area (Å²) in [5.74, 6) is -0.188. The Morgan fingerprint density at radius 2 is 1.64 bits per heavy atom. The number of fused-ring (bicyclic) bond motifs is 1. The summed E-state index contributed by atoms with van der Waals surface area (Å²) < 4.78 is 30.3. The summed E-state index contributed by atoms with van der Waals surface area (Å²) in [4.78, 5) is 31.9. The van der Waals surface area contributed by atoms with Crippen molar-refractivity contribution in [3.05, 3.63) is 97.3 Å². The molecule has 0 atom stereocenters. The van der Waals surface area contributed by atoms with Crippen molar-refractivity contribution in [2.24, 2.45) is 0 Å². The number of benzene rings is 3. The Morgan fingerprint density at radius 1 is 0.872 bits per heavy atom. The maximum atomic E-state index is 14.3. The van der Waals surface area contributed by atoms with E-state index in [2.05, 4.69) is 25.9 Å². The molecule has 0 aliphatic heterocycles. The zero-order chi connectivity index (χ0) is 33.1. The Labute approximate surface area is 272 Å². The molecule has 6 rings (SSSR count). The minimum atomic E-state index is -4.02. The van der Waals surface area contributed by atoms with E-state index in [4.69, 9.17) is 5.10 Å². The van der Waals surface area contributed by atoms with Crippen LogP contribution in [0.1, 0.15) is 20.8 Å². The van der Waals surface area contributed by atoms with E-state index in [0.717, 1.165) is 11.1 Å². The molecule has 3 aromatic heterocycles. The van der Waals surface area contributed by atoms with Gasteiger partial charge in [-0.1, -0.05) is 42.5 Å². The molecular formula is C35H33N7O4S. The second kappa shape index (κ2) is 12.9. The quantitative estimate of drug-likeness (QED) is 0.137. The lowest BCUT2D eigenvalue weighted by atomic mass is 9.99. The van der Waals surface area contributed by atoms with E-state index in [-0.39, 0.29) is 21.7 Å². The molecule has 0 aliphatic rings. The number of anilines is 2. The van der Waals surface area contributed by atoms with Crippen molar-refractivity contribution < 1.29 is 18.0 Å². The van der Waals surface area contributed by atoms with Crippen molar-refractivity contribution in [2.75, 3.05) is 17.2 Å². The number of carbonyl (C=O) groups is 2. The van der Waals surface area contributed by atoms with E-state index in [1.54, 1.807) is 53.2 Å². The van der Waals surface area contributed by atoms with Gasteiger partial charge in [0, 0.05) is 77.1 Å². The monoisotopic (exact) mass is 647 g/mol. The summed E-state index contributed by atoms with van der Waals surface area (Å²) >= 11 is 0. The molecule has 47 heavy (non-hydrogen) atoms. The number of rotatable bonds is 9. The number of H-pyrrole nitrogens is 1. The van der Waals surface area contributed by atoms with E-state index in [1.165, 1.54) is 13.1 Å². The van der Waals surface area contributed by atoms with E-state index in [9.17, 15) is 18.0 Å². The number of nitrogens with one attached hydrogen (secondary N) is 4. The summed E-state index contributed by atoms with van der Waals surface area (Å²) in [6, 6.07) is 24.4. The summed E-state index contributed by atoms with van der Waals surface area (Å²) in [5.41, 5.74) is 5.58. The van der Waals surface area contributed by atoms with Gasteiger partial charge in [0.05, 0.1) is 9.79 Å². The number of pyridine rings is 1. The molecule has 3 amide bonds. The van der Waals surface area contributed by atoms with Gasteiger partial charge in [-0.15, -0.1) is 0 Å². The lowest BCUT2D eigenvalue weighted by Gasteiger charge is -2.12. The standard InChI is InChI=1S/C35H33N7O4S/c1-4-36-35(44)39-25-16-14-23(15-17-25)33-29(21-42(5-2)41-33)32-28-19-30(24-10-9-11-26(18-24)38-22(3)43)40-34(28)37-20-31(32)47(45,46)27-12-7-6-8-13-27/h6-21H,4-5H2,1-3H3,(H,37,40)(H,38,43)(H2,36,39,44). The number of urea groups is 1. The molecule has 6 aromatic rings. The van der Waals surface area contributed by atoms with Gasteiger partial charge in [0.1, 0.15) is 11.3 Å². The number of hydrogen-bond donors (Lipinski definition) is 4. The molecule has 0 spiro atoms.